The summed E-state index contributed by atoms with van der Waals surface area (Å²) in [5.41, 5.74) is 0.408. The van der Waals surface area contributed by atoms with Gasteiger partial charge in [-0.1, -0.05) is 26.0 Å². The molecule has 1 aromatic rings. The van der Waals surface area contributed by atoms with Crippen molar-refractivity contribution in [3.05, 3.63) is 11.9 Å². The normalized spacial score (nSPS) is 13.4. The minimum absolute atomic E-state index is 0.0190. The molecular formula is C18H33N3O2. The minimum Gasteiger partial charge on any atom is -0.375 e. The average molecular weight is 323 g/mol. The molecule has 0 aliphatic rings. The summed E-state index contributed by atoms with van der Waals surface area (Å²) >= 11 is 0. The van der Waals surface area contributed by atoms with Crippen LogP contribution >= 0.6 is 0 Å². The third-order valence-corrected chi connectivity index (χ3v) is 4.17. The van der Waals surface area contributed by atoms with Gasteiger partial charge < -0.3 is 4.74 Å². The number of carbonyl (C=O) groups is 1. The molecule has 0 spiro atoms. The molecule has 0 radical (unpaired) electrons. The van der Waals surface area contributed by atoms with Crippen molar-refractivity contribution < 1.29 is 9.53 Å². The van der Waals surface area contributed by atoms with Gasteiger partial charge in [0.05, 0.1) is 17.3 Å². The van der Waals surface area contributed by atoms with E-state index in [2.05, 4.69) is 58.8 Å². The van der Waals surface area contributed by atoms with E-state index in [-0.39, 0.29) is 16.9 Å². The van der Waals surface area contributed by atoms with E-state index < -0.39 is 0 Å². The first kappa shape index (κ1) is 19.8. The lowest BCUT2D eigenvalue weighted by atomic mass is 9.86. The SMILES string of the molecule is CC(=O)c1cnnn1C(C)(C)CCOC(C)(C)CCC(C)(C)C. The first-order chi connectivity index (χ1) is 10.3. The highest BCUT2D eigenvalue weighted by atomic mass is 16.5. The highest BCUT2D eigenvalue weighted by Gasteiger charge is 2.28. The van der Waals surface area contributed by atoms with Crippen molar-refractivity contribution in [3.63, 3.8) is 0 Å². The molecule has 0 saturated carbocycles. The third kappa shape index (κ3) is 6.42. The highest BCUT2D eigenvalue weighted by molar-refractivity contribution is 5.92. The summed E-state index contributed by atoms with van der Waals surface area (Å²) in [7, 11) is 0. The molecule has 1 aromatic heterocycles. The van der Waals surface area contributed by atoms with Gasteiger partial charge in [0.2, 0.25) is 0 Å². The Hall–Kier alpha value is -1.23. The topological polar surface area (TPSA) is 57.0 Å². The standard InChI is InChI=1S/C18H33N3O2/c1-14(22)15-13-19-20-21(15)17(5,6)11-12-23-18(7,8)10-9-16(2,3)4/h13H,9-12H2,1-8H3. The monoisotopic (exact) mass is 323 g/mol. The number of hydrogen-bond acceptors (Lipinski definition) is 4. The highest BCUT2D eigenvalue weighted by Crippen LogP contribution is 2.28. The van der Waals surface area contributed by atoms with Crippen molar-refractivity contribution in [2.24, 2.45) is 5.41 Å². The predicted octanol–water partition coefficient (Wildman–Crippen LogP) is 4.23. The second-order valence-electron chi connectivity index (χ2n) is 8.82. The van der Waals surface area contributed by atoms with Crippen LogP contribution < -0.4 is 0 Å². The summed E-state index contributed by atoms with van der Waals surface area (Å²) in [6.07, 6.45) is 4.45. The molecule has 1 rings (SSSR count). The van der Waals surface area contributed by atoms with Gasteiger partial charge in [0, 0.05) is 13.5 Å². The summed E-state index contributed by atoms with van der Waals surface area (Å²) < 4.78 is 7.82. The minimum atomic E-state index is -0.308. The van der Waals surface area contributed by atoms with E-state index >= 15 is 0 Å². The van der Waals surface area contributed by atoms with Gasteiger partial charge in [-0.25, -0.2) is 4.68 Å². The Morgan fingerprint density at radius 2 is 1.70 bits per heavy atom. The second kappa shape index (κ2) is 7.12. The zero-order valence-electron chi connectivity index (χ0n) is 16.1. The molecule has 0 amide bonds. The molecule has 5 heteroatoms. The van der Waals surface area contributed by atoms with Crippen LogP contribution in [0.15, 0.2) is 6.20 Å². The van der Waals surface area contributed by atoms with Crippen molar-refractivity contribution in [2.75, 3.05) is 6.61 Å². The predicted molar refractivity (Wildman–Crippen MR) is 92.7 cm³/mol. The number of ether oxygens (including phenoxy) is 1. The van der Waals surface area contributed by atoms with Gasteiger partial charge in [-0.3, -0.25) is 4.79 Å². The molecule has 0 N–H and O–H groups in total. The van der Waals surface area contributed by atoms with Crippen LogP contribution in [0, 0.1) is 5.41 Å². The lowest BCUT2D eigenvalue weighted by molar-refractivity contribution is -0.0399. The van der Waals surface area contributed by atoms with Gasteiger partial charge in [-0.05, 0) is 52.4 Å². The molecule has 0 atom stereocenters. The van der Waals surface area contributed by atoms with Gasteiger partial charge in [-0.2, -0.15) is 0 Å². The molecule has 0 fully saturated rings. The van der Waals surface area contributed by atoms with Crippen LogP contribution in [0.25, 0.3) is 0 Å². The number of ketones is 1. The Bertz CT molecular complexity index is 525. The molecule has 0 aliphatic heterocycles. The van der Waals surface area contributed by atoms with Crippen molar-refractivity contribution in [1.29, 1.82) is 0 Å². The maximum absolute atomic E-state index is 11.7. The summed E-state index contributed by atoms with van der Waals surface area (Å²) in [5.74, 6) is -0.0190. The molecule has 0 saturated heterocycles. The molecule has 0 aliphatic carbocycles. The van der Waals surface area contributed by atoms with Crippen LogP contribution in [0.4, 0.5) is 0 Å². The van der Waals surface area contributed by atoms with Gasteiger partial charge >= 0.3 is 0 Å². The lowest BCUT2D eigenvalue weighted by Gasteiger charge is -2.32. The smallest absolute Gasteiger partial charge is 0.179 e. The largest absolute Gasteiger partial charge is 0.375 e. The number of rotatable bonds is 8. The van der Waals surface area contributed by atoms with E-state index in [1.54, 1.807) is 4.68 Å². The van der Waals surface area contributed by atoms with Crippen LogP contribution in [0.1, 0.15) is 85.1 Å². The fourth-order valence-corrected chi connectivity index (χ4v) is 2.35. The number of Topliss-reactive ketones (excluding diaryl/α,β-unsaturated/α-hetero) is 1. The molecule has 1 heterocycles. The summed E-state index contributed by atoms with van der Waals surface area (Å²) in [6.45, 7) is 17.3. The van der Waals surface area contributed by atoms with Gasteiger partial charge in [0.25, 0.3) is 0 Å². The van der Waals surface area contributed by atoms with Crippen molar-refractivity contribution >= 4 is 5.78 Å². The van der Waals surface area contributed by atoms with E-state index in [4.69, 9.17) is 4.74 Å². The molecule has 5 nitrogen and oxygen atoms in total. The van der Waals surface area contributed by atoms with Crippen molar-refractivity contribution in [3.8, 4) is 0 Å². The number of nitrogens with zero attached hydrogens (tertiary/aromatic N) is 3. The van der Waals surface area contributed by atoms with E-state index in [1.165, 1.54) is 13.1 Å². The molecular weight excluding hydrogens is 290 g/mol. The first-order valence-electron chi connectivity index (χ1n) is 8.40. The van der Waals surface area contributed by atoms with Crippen LogP contribution in [0.3, 0.4) is 0 Å². The van der Waals surface area contributed by atoms with E-state index in [1.807, 2.05) is 0 Å². The Balaban J connectivity index is 2.59. The summed E-state index contributed by atoms with van der Waals surface area (Å²) in [5, 5.41) is 7.96. The summed E-state index contributed by atoms with van der Waals surface area (Å²) in [4.78, 5) is 11.7. The Morgan fingerprint density at radius 1 is 1.09 bits per heavy atom. The van der Waals surface area contributed by atoms with E-state index in [0.29, 0.717) is 17.7 Å². The maximum Gasteiger partial charge on any atom is 0.179 e. The third-order valence-electron chi connectivity index (χ3n) is 4.17. The summed E-state index contributed by atoms with van der Waals surface area (Å²) in [6, 6.07) is 0. The first-order valence-corrected chi connectivity index (χ1v) is 8.40. The zero-order chi connectivity index (χ0) is 17.9. The van der Waals surface area contributed by atoms with E-state index in [9.17, 15) is 4.79 Å². The van der Waals surface area contributed by atoms with Gasteiger partial charge in [0.15, 0.2) is 5.78 Å². The fraction of sp³-hybridized carbons (Fsp3) is 0.833. The second-order valence-corrected chi connectivity index (χ2v) is 8.82. The Kier molecular flexibility index (Phi) is 6.13. The van der Waals surface area contributed by atoms with Crippen molar-refractivity contribution in [1.82, 2.24) is 15.0 Å². The zero-order valence-corrected chi connectivity index (χ0v) is 16.1. The Morgan fingerprint density at radius 3 is 2.22 bits per heavy atom. The van der Waals surface area contributed by atoms with Crippen LogP contribution in [-0.2, 0) is 10.3 Å². The van der Waals surface area contributed by atoms with Crippen LogP contribution in [-0.4, -0.2) is 33.0 Å². The molecule has 132 valence electrons. The number of hydrogen-bond donors (Lipinski definition) is 0. The van der Waals surface area contributed by atoms with Gasteiger partial charge in [-0.15, -0.1) is 5.10 Å². The molecule has 23 heavy (non-hydrogen) atoms. The molecule has 0 unspecified atom stereocenters. The average Bonchev–Trinajstić information content (AvgIpc) is 2.85. The molecule has 0 aromatic carbocycles. The lowest BCUT2D eigenvalue weighted by Crippen LogP contribution is -2.34. The van der Waals surface area contributed by atoms with E-state index in [0.717, 1.165) is 19.3 Å². The van der Waals surface area contributed by atoms with Crippen molar-refractivity contribution in [2.45, 2.75) is 85.8 Å². The Labute approximate surface area is 140 Å². The maximum atomic E-state index is 11.7. The fourth-order valence-electron chi connectivity index (χ4n) is 2.35. The quantitative estimate of drug-likeness (QED) is 0.672. The molecule has 0 bridgehead atoms. The number of aromatic nitrogens is 3. The van der Waals surface area contributed by atoms with Crippen LogP contribution in [0.5, 0.6) is 0 Å². The number of carbonyl (C=O) groups excluding carboxylic acids is 1. The van der Waals surface area contributed by atoms with Crippen LogP contribution in [0.2, 0.25) is 0 Å². The van der Waals surface area contributed by atoms with Gasteiger partial charge in [0.1, 0.15) is 5.69 Å².